The van der Waals surface area contributed by atoms with E-state index in [0.717, 1.165) is 24.5 Å². The lowest BCUT2D eigenvalue weighted by molar-refractivity contribution is -0.204. The molecule has 0 saturated carbocycles. The molecule has 1 N–H and O–H groups in total. The summed E-state index contributed by atoms with van der Waals surface area (Å²) in [5.74, 6) is -1.30. The van der Waals surface area contributed by atoms with Gasteiger partial charge in [0.15, 0.2) is 0 Å². The molecule has 0 bridgehead atoms. The van der Waals surface area contributed by atoms with Gasteiger partial charge in [0.25, 0.3) is 5.91 Å². The molecule has 3 heterocycles. The summed E-state index contributed by atoms with van der Waals surface area (Å²) in [4.78, 5) is 24.2. The van der Waals surface area contributed by atoms with E-state index >= 15 is 0 Å². The Kier molecular flexibility index (Phi) is 5.43. The van der Waals surface area contributed by atoms with Gasteiger partial charge < -0.3 is 5.21 Å². The summed E-state index contributed by atoms with van der Waals surface area (Å²) in [6, 6.07) is 6.11. The number of carbonyl (C=O) groups is 1. The van der Waals surface area contributed by atoms with Crippen molar-refractivity contribution in [3.8, 4) is 11.3 Å². The van der Waals surface area contributed by atoms with Gasteiger partial charge in [0.2, 0.25) is 0 Å². The van der Waals surface area contributed by atoms with Gasteiger partial charge in [0, 0.05) is 30.0 Å². The molecule has 0 spiro atoms. The van der Waals surface area contributed by atoms with Crippen LogP contribution >= 0.6 is 11.6 Å². The summed E-state index contributed by atoms with van der Waals surface area (Å²) < 4.78 is 54.7. The van der Waals surface area contributed by atoms with E-state index in [1.165, 1.54) is 24.4 Å². The fourth-order valence-corrected chi connectivity index (χ4v) is 3.27. The van der Waals surface area contributed by atoms with E-state index in [2.05, 4.69) is 15.0 Å². The van der Waals surface area contributed by atoms with Crippen LogP contribution in [0.3, 0.4) is 0 Å². The third-order valence-corrected chi connectivity index (χ3v) is 4.83. The summed E-state index contributed by atoms with van der Waals surface area (Å²) in [7, 11) is 0. The normalized spacial score (nSPS) is 14.5. The number of nitrogens with zero attached hydrogens (tertiary/aromatic N) is 5. The number of alkyl halides is 3. The number of hydrogen-bond acceptors (Lipinski definition) is 4. The summed E-state index contributed by atoms with van der Waals surface area (Å²) >= 11 is 5.92. The van der Waals surface area contributed by atoms with Crippen molar-refractivity contribution >= 4 is 23.2 Å². The molecule has 0 aliphatic carbocycles. The monoisotopic (exact) mass is 465 g/mol. The van der Waals surface area contributed by atoms with Gasteiger partial charge in [-0.25, -0.2) is 23.7 Å². The first kappa shape index (κ1) is 21.5. The highest BCUT2D eigenvalue weighted by atomic mass is 35.5. The maximum atomic E-state index is 13.6. The number of imidazole rings is 1. The van der Waals surface area contributed by atoms with Crippen LogP contribution in [-0.2, 0) is 11.1 Å². The lowest BCUT2D eigenvalue weighted by Gasteiger charge is -2.13. The number of rotatable bonds is 3. The van der Waals surface area contributed by atoms with Crippen LogP contribution in [0.1, 0.15) is 12.1 Å². The molecule has 0 atom stereocenters. The van der Waals surface area contributed by atoms with Gasteiger partial charge in [-0.15, -0.1) is 13.2 Å². The SMILES string of the molecule is O=C(N=c1ccn(O)cc1Cl)C1=CN=C(c2c(-c3ccc(F)cc3)ncn2C(F)(F)F)C1. The third kappa shape index (κ3) is 4.19. The first-order chi connectivity index (χ1) is 15.1. The molecule has 1 aliphatic heterocycles. The van der Waals surface area contributed by atoms with Gasteiger partial charge >= 0.3 is 6.30 Å². The molecular formula is C20H12ClF4N5O2. The highest BCUT2D eigenvalue weighted by molar-refractivity contribution is 6.30. The predicted molar refractivity (Wildman–Crippen MR) is 105 cm³/mol. The van der Waals surface area contributed by atoms with Gasteiger partial charge in [0.05, 0.1) is 33.7 Å². The van der Waals surface area contributed by atoms with Crippen molar-refractivity contribution in [1.82, 2.24) is 14.3 Å². The fourth-order valence-electron chi connectivity index (χ4n) is 3.06. The lowest BCUT2D eigenvalue weighted by Crippen LogP contribution is -2.22. The maximum Gasteiger partial charge on any atom is 0.490 e. The van der Waals surface area contributed by atoms with Crippen LogP contribution in [0.2, 0.25) is 5.02 Å². The second-order valence-corrected chi connectivity index (χ2v) is 7.08. The first-order valence-electron chi connectivity index (χ1n) is 8.96. The number of halogens is 5. The molecular weight excluding hydrogens is 454 g/mol. The van der Waals surface area contributed by atoms with Gasteiger partial charge in [0.1, 0.15) is 12.1 Å². The Morgan fingerprint density at radius 1 is 1.19 bits per heavy atom. The smallest absolute Gasteiger partial charge is 0.429 e. The Balaban J connectivity index is 1.68. The maximum absolute atomic E-state index is 13.6. The molecule has 0 fully saturated rings. The van der Waals surface area contributed by atoms with E-state index in [-0.39, 0.29) is 49.6 Å². The molecule has 1 aromatic carbocycles. The number of aromatic nitrogens is 3. The van der Waals surface area contributed by atoms with Crippen molar-refractivity contribution in [3.63, 3.8) is 0 Å². The largest absolute Gasteiger partial charge is 0.490 e. The average molecular weight is 466 g/mol. The second-order valence-electron chi connectivity index (χ2n) is 6.67. The molecule has 0 unspecified atom stereocenters. The topological polar surface area (TPSA) is 84.8 Å². The number of hydrogen-bond donors (Lipinski definition) is 1. The van der Waals surface area contributed by atoms with Crippen molar-refractivity contribution in [1.29, 1.82) is 0 Å². The molecule has 0 radical (unpaired) electrons. The molecule has 0 saturated heterocycles. The van der Waals surface area contributed by atoms with Crippen molar-refractivity contribution in [2.45, 2.75) is 12.7 Å². The van der Waals surface area contributed by atoms with Crippen LogP contribution in [-0.4, -0.2) is 31.1 Å². The molecule has 1 amide bonds. The number of benzene rings is 1. The molecule has 2 aromatic heterocycles. The quantitative estimate of drug-likeness (QED) is 0.467. The average Bonchev–Trinajstić information content (AvgIpc) is 3.37. The van der Waals surface area contributed by atoms with Crippen molar-refractivity contribution in [2.24, 2.45) is 9.98 Å². The van der Waals surface area contributed by atoms with Crippen molar-refractivity contribution in [2.75, 3.05) is 0 Å². The van der Waals surface area contributed by atoms with E-state index < -0.39 is 18.0 Å². The Labute approximate surface area is 182 Å². The fraction of sp³-hybridized carbons (Fsp3) is 0.100. The van der Waals surface area contributed by atoms with Crippen LogP contribution in [0.15, 0.2) is 70.8 Å². The van der Waals surface area contributed by atoms with E-state index in [0.29, 0.717) is 11.1 Å². The predicted octanol–water partition coefficient (Wildman–Crippen LogP) is 4.06. The molecule has 7 nitrogen and oxygen atoms in total. The van der Waals surface area contributed by atoms with E-state index in [1.807, 2.05) is 0 Å². The summed E-state index contributed by atoms with van der Waals surface area (Å²) in [6.07, 6.45) is -0.962. The van der Waals surface area contributed by atoms with Gasteiger partial charge in [-0.2, -0.15) is 0 Å². The molecule has 32 heavy (non-hydrogen) atoms. The molecule has 12 heteroatoms. The van der Waals surface area contributed by atoms with Crippen LogP contribution in [0, 0.1) is 5.82 Å². The lowest BCUT2D eigenvalue weighted by atomic mass is 10.0. The number of amides is 1. The van der Waals surface area contributed by atoms with Crippen LogP contribution in [0.4, 0.5) is 17.6 Å². The molecule has 1 aliphatic rings. The zero-order valence-electron chi connectivity index (χ0n) is 15.9. The van der Waals surface area contributed by atoms with Crippen molar-refractivity contribution in [3.05, 3.63) is 82.7 Å². The standard InChI is InChI=1S/C20H12ClF4N5O2/c21-14-9-29(32)6-5-15(14)28-19(31)12-7-16(26-8-12)18-17(11-1-3-13(22)4-2-11)27-10-30(18)20(23,24)25/h1-6,8-10,32H,7H2. The zero-order valence-corrected chi connectivity index (χ0v) is 16.6. The van der Waals surface area contributed by atoms with Crippen LogP contribution in [0.5, 0.6) is 0 Å². The molecule has 4 rings (SSSR count). The number of aliphatic imine (C=N–C) groups is 1. The van der Waals surface area contributed by atoms with Gasteiger partial charge in [-0.3, -0.25) is 9.79 Å². The van der Waals surface area contributed by atoms with Gasteiger partial charge in [-0.1, -0.05) is 11.6 Å². The van der Waals surface area contributed by atoms with Crippen molar-refractivity contribution < 1.29 is 27.6 Å². The molecule has 164 valence electrons. The minimum absolute atomic E-state index is 0.00293. The Morgan fingerprint density at radius 2 is 1.91 bits per heavy atom. The van der Waals surface area contributed by atoms with Crippen LogP contribution in [0.25, 0.3) is 11.3 Å². The zero-order chi connectivity index (χ0) is 23.0. The number of pyridine rings is 1. The van der Waals surface area contributed by atoms with E-state index in [9.17, 15) is 27.6 Å². The summed E-state index contributed by atoms with van der Waals surface area (Å²) in [6.45, 7) is 0. The van der Waals surface area contributed by atoms with E-state index in [4.69, 9.17) is 11.6 Å². The minimum atomic E-state index is -4.79. The summed E-state index contributed by atoms with van der Waals surface area (Å²) in [5.41, 5.74) is -0.173. The number of carbonyl (C=O) groups excluding carboxylic acids is 1. The Morgan fingerprint density at radius 3 is 2.56 bits per heavy atom. The first-order valence-corrected chi connectivity index (χ1v) is 9.34. The molecule has 3 aromatic rings. The third-order valence-electron chi connectivity index (χ3n) is 4.54. The Bertz CT molecular complexity index is 1340. The van der Waals surface area contributed by atoms with Crippen LogP contribution < -0.4 is 5.36 Å². The highest BCUT2D eigenvalue weighted by Gasteiger charge is 2.37. The second kappa shape index (κ2) is 8.08. The van der Waals surface area contributed by atoms with E-state index in [1.54, 1.807) is 0 Å². The Hall–Kier alpha value is -3.73. The highest BCUT2D eigenvalue weighted by Crippen LogP contribution is 2.33. The minimum Gasteiger partial charge on any atom is -0.429 e. The summed E-state index contributed by atoms with van der Waals surface area (Å²) in [5, 5.41) is 9.38. The van der Waals surface area contributed by atoms with Gasteiger partial charge in [-0.05, 0) is 30.3 Å².